The molecule has 0 fully saturated rings. The summed E-state index contributed by atoms with van der Waals surface area (Å²) in [7, 11) is 0. The number of ketones is 2. The fourth-order valence-electron chi connectivity index (χ4n) is 2.37. The predicted molar refractivity (Wildman–Crippen MR) is 81.4 cm³/mol. The Morgan fingerprint density at radius 3 is 2.05 bits per heavy atom. The quantitative estimate of drug-likeness (QED) is 0.773. The van der Waals surface area contributed by atoms with Crippen LogP contribution in [0, 0.1) is 13.8 Å². The van der Waals surface area contributed by atoms with Crippen LogP contribution in [0.15, 0.2) is 36.4 Å². The first-order valence-electron chi connectivity index (χ1n) is 6.63. The van der Waals surface area contributed by atoms with E-state index in [1.807, 2.05) is 50.2 Å². The van der Waals surface area contributed by atoms with Gasteiger partial charge in [0.1, 0.15) is 0 Å². The Kier molecular flexibility index (Phi) is 3.84. The molecule has 0 aliphatic carbocycles. The first kappa shape index (κ1) is 14.2. The molecular formula is C18H18O2. The summed E-state index contributed by atoms with van der Waals surface area (Å²) in [5, 5.41) is 0. The van der Waals surface area contributed by atoms with E-state index in [2.05, 4.69) is 0 Å². The SMILES string of the molecule is CC(=O)c1cc(-c2ccc(C)cc2C(C)=O)ccc1C. The van der Waals surface area contributed by atoms with Gasteiger partial charge in [-0.05, 0) is 56.5 Å². The van der Waals surface area contributed by atoms with E-state index in [9.17, 15) is 9.59 Å². The predicted octanol–water partition coefficient (Wildman–Crippen LogP) is 4.38. The molecule has 0 heterocycles. The van der Waals surface area contributed by atoms with Crippen LogP contribution in [0.2, 0.25) is 0 Å². The molecule has 0 aliphatic rings. The van der Waals surface area contributed by atoms with Gasteiger partial charge in [0, 0.05) is 11.1 Å². The number of aryl methyl sites for hydroxylation is 2. The summed E-state index contributed by atoms with van der Waals surface area (Å²) in [6.45, 7) is 7.01. The third kappa shape index (κ3) is 2.69. The van der Waals surface area contributed by atoms with Gasteiger partial charge in [-0.25, -0.2) is 0 Å². The molecule has 0 saturated heterocycles. The van der Waals surface area contributed by atoms with Gasteiger partial charge in [-0.2, -0.15) is 0 Å². The van der Waals surface area contributed by atoms with Gasteiger partial charge in [0.2, 0.25) is 0 Å². The number of carbonyl (C=O) groups is 2. The maximum Gasteiger partial charge on any atom is 0.160 e. The fraction of sp³-hybridized carbons (Fsp3) is 0.222. The Balaban J connectivity index is 2.66. The summed E-state index contributed by atoms with van der Waals surface area (Å²) < 4.78 is 0. The molecule has 0 N–H and O–H groups in total. The van der Waals surface area contributed by atoms with Crippen LogP contribution >= 0.6 is 0 Å². The van der Waals surface area contributed by atoms with Gasteiger partial charge in [0.25, 0.3) is 0 Å². The molecule has 2 rings (SSSR count). The monoisotopic (exact) mass is 266 g/mol. The highest BCUT2D eigenvalue weighted by atomic mass is 16.1. The summed E-state index contributed by atoms with van der Waals surface area (Å²) >= 11 is 0. The summed E-state index contributed by atoms with van der Waals surface area (Å²) in [5.41, 5.74) is 5.20. The van der Waals surface area contributed by atoms with Crippen molar-refractivity contribution in [3.63, 3.8) is 0 Å². The van der Waals surface area contributed by atoms with Crippen LogP contribution in [0.25, 0.3) is 11.1 Å². The highest BCUT2D eigenvalue weighted by Gasteiger charge is 2.12. The first-order chi connectivity index (χ1) is 9.40. The van der Waals surface area contributed by atoms with Crippen molar-refractivity contribution in [2.45, 2.75) is 27.7 Å². The number of carbonyl (C=O) groups excluding carboxylic acids is 2. The number of hydrogen-bond donors (Lipinski definition) is 0. The smallest absolute Gasteiger partial charge is 0.160 e. The van der Waals surface area contributed by atoms with E-state index in [1.54, 1.807) is 13.8 Å². The van der Waals surface area contributed by atoms with E-state index in [-0.39, 0.29) is 11.6 Å². The topological polar surface area (TPSA) is 34.1 Å². The number of hydrogen-bond acceptors (Lipinski definition) is 2. The summed E-state index contributed by atoms with van der Waals surface area (Å²) in [5.74, 6) is 0.0782. The van der Waals surface area contributed by atoms with Gasteiger partial charge >= 0.3 is 0 Å². The summed E-state index contributed by atoms with van der Waals surface area (Å²) in [6, 6.07) is 11.6. The standard InChI is InChI=1S/C18H18O2/c1-11-5-8-16(18(9-11)14(4)20)15-7-6-12(2)17(10-15)13(3)19/h5-10H,1-4H3. The molecular weight excluding hydrogens is 248 g/mol. The molecule has 0 spiro atoms. The van der Waals surface area contributed by atoms with Crippen LogP contribution in [0.5, 0.6) is 0 Å². The van der Waals surface area contributed by atoms with Gasteiger partial charge < -0.3 is 0 Å². The van der Waals surface area contributed by atoms with E-state index in [0.717, 1.165) is 22.3 Å². The Morgan fingerprint density at radius 1 is 0.800 bits per heavy atom. The van der Waals surface area contributed by atoms with Gasteiger partial charge in [-0.3, -0.25) is 9.59 Å². The van der Waals surface area contributed by atoms with E-state index in [0.29, 0.717) is 11.1 Å². The van der Waals surface area contributed by atoms with Crippen LogP contribution in [-0.2, 0) is 0 Å². The molecule has 0 bridgehead atoms. The maximum atomic E-state index is 11.8. The molecule has 2 heteroatoms. The van der Waals surface area contributed by atoms with Crippen molar-refractivity contribution in [3.05, 3.63) is 58.7 Å². The molecule has 0 unspecified atom stereocenters. The number of benzene rings is 2. The lowest BCUT2D eigenvalue weighted by molar-refractivity contribution is 0.101. The second-order valence-corrected chi connectivity index (χ2v) is 5.19. The van der Waals surface area contributed by atoms with Crippen molar-refractivity contribution < 1.29 is 9.59 Å². The van der Waals surface area contributed by atoms with Crippen LogP contribution in [0.4, 0.5) is 0 Å². The van der Waals surface area contributed by atoms with Crippen molar-refractivity contribution in [2.75, 3.05) is 0 Å². The van der Waals surface area contributed by atoms with Gasteiger partial charge in [-0.1, -0.05) is 29.8 Å². The lowest BCUT2D eigenvalue weighted by Crippen LogP contribution is -2.00. The molecule has 20 heavy (non-hydrogen) atoms. The fourth-order valence-corrected chi connectivity index (χ4v) is 2.37. The minimum atomic E-state index is 0.0358. The van der Waals surface area contributed by atoms with E-state index < -0.39 is 0 Å². The Labute approximate surface area is 119 Å². The Bertz CT molecular complexity index is 697. The molecule has 0 aliphatic heterocycles. The molecule has 0 amide bonds. The average molecular weight is 266 g/mol. The second kappa shape index (κ2) is 5.41. The zero-order valence-electron chi connectivity index (χ0n) is 12.3. The molecule has 2 aromatic carbocycles. The molecule has 0 aromatic heterocycles. The zero-order chi connectivity index (χ0) is 14.9. The van der Waals surface area contributed by atoms with E-state index in [1.165, 1.54) is 0 Å². The van der Waals surface area contributed by atoms with Crippen molar-refractivity contribution in [1.82, 2.24) is 0 Å². The average Bonchev–Trinajstić information content (AvgIpc) is 2.39. The van der Waals surface area contributed by atoms with Crippen molar-refractivity contribution in [1.29, 1.82) is 0 Å². The molecule has 2 aromatic rings. The lowest BCUT2D eigenvalue weighted by Gasteiger charge is -2.11. The number of rotatable bonds is 3. The molecule has 0 saturated carbocycles. The third-order valence-electron chi connectivity index (χ3n) is 3.48. The first-order valence-corrected chi connectivity index (χ1v) is 6.63. The van der Waals surface area contributed by atoms with Gasteiger partial charge in [-0.15, -0.1) is 0 Å². The van der Waals surface area contributed by atoms with Crippen molar-refractivity contribution in [2.24, 2.45) is 0 Å². The molecule has 2 nitrogen and oxygen atoms in total. The van der Waals surface area contributed by atoms with Crippen molar-refractivity contribution >= 4 is 11.6 Å². The van der Waals surface area contributed by atoms with Crippen LogP contribution < -0.4 is 0 Å². The highest BCUT2D eigenvalue weighted by molar-refractivity contribution is 6.02. The van der Waals surface area contributed by atoms with Crippen LogP contribution in [-0.4, -0.2) is 11.6 Å². The minimum Gasteiger partial charge on any atom is -0.295 e. The maximum absolute atomic E-state index is 11.8. The minimum absolute atomic E-state index is 0.0358. The van der Waals surface area contributed by atoms with E-state index >= 15 is 0 Å². The molecule has 0 radical (unpaired) electrons. The van der Waals surface area contributed by atoms with E-state index in [4.69, 9.17) is 0 Å². The highest BCUT2D eigenvalue weighted by Crippen LogP contribution is 2.27. The lowest BCUT2D eigenvalue weighted by atomic mass is 9.92. The normalized spacial score (nSPS) is 10.4. The third-order valence-corrected chi connectivity index (χ3v) is 3.48. The Hall–Kier alpha value is -2.22. The zero-order valence-corrected chi connectivity index (χ0v) is 12.3. The summed E-state index contributed by atoms with van der Waals surface area (Å²) in [6.07, 6.45) is 0. The molecule has 0 atom stereocenters. The number of Topliss-reactive ketones (excluding diaryl/α,β-unsaturated/α-hetero) is 2. The van der Waals surface area contributed by atoms with Gasteiger partial charge in [0.05, 0.1) is 0 Å². The van der Waals surface area contributed by atoms with Gasteiger partial charge in [0.15, 0.2) is 11.6 Å². The Morgan fingerprint density at radius 2 is 1.45 bits per heavy atom. The summed E-state index contributed by atoms with van der Waals surface area (Å²) in [4.78, 5) is 23.5. The van der Waals surface area contributed by atoms with Crippen LogP contribution in [0.1, 0.15) is 45.7 Å². The molecule has 102 valence electrons. The van der Waals surface area contributed by atoms with Crippen molar-refractivity contribution in [3.8, 4) is 11.1 Å². The van der Waals surface area contributed by atoms with Crippen LogP contribution in [0.3, 0.4) is 0 Å². The second-order valence-electron chi connectivity index (χ2n) is 5.19. The largest absolute Gasteiger partial charge is 0.295 e.